The summed E-state index contributed by atoms with van der Waals surface area (Å²) >= 11 is 0. The number of aromatic nitrogens is 2. The SMILES string of the molecule is CC(C)c1cc(C(=O)NCCC(O)c2ccccc2)nn1C. The molecule has 0 saturated carbocycles. The fourth-order valence-corrected chi connectivity index (χ4v) is 2.39. The smallest absolute Gasteiger partial charge is 0.271 e. The van der Waals surface area contributed by atoms with Crippen LogP contribution in [0.25, 0.3) is 0 Å². The number of hydrogen-bond acceptors (Lipinski definition) is 3. The molecule has 0 aliphatic carbocycles. The van der Waals surface area contributed by atoms with Crippen molar-refractivity contribution in [3.63, 3.8) is 0 Å². The third-order valence-corrected chi connectivity index (χ3v) is 3.63. The van der Waals surface area contributed by atoms with E-state index in [-0.39, 0.29) is 5.91 Å². The van der Waals surface area contributed by atoms with Crippen molar-refractivity contribution in [2.24, 2.45) is 7.05 Å². The molecule has 118 valence electrons. The van der Waals surface area contributed by atoms with Crippen molar-refractivity contribution < 1.29 is 9.90 Å². The minimum absolute atomic E-state index is 0.206. The van der Waals surface area contributed by atoms with Gasteiger partial charge in [-0.05, 0) is 24.0 Å². The highest BCUT2D eigenvalue weighted by molar-refractivity contribution is 5.92. The molecule has 1 aromatic carbocycles. The van der Waals surface area contributed by atoms with Crippen LogP contribution in [0.3, 0.4) is 0 Å². The van der Waals surface area contributed by atoms with E-state index in [4.69, 9.17) is 0 Å². The maximum absolute atomic E-state index is 12.1. The molecule has 2 aromatic rings. The Hall–Kier alpha value is -2.14. The monoisotopic (exact) mass is 301 g/mol. The molecule has 5 nitrogen and oxygen atoms in total. The van der Waals surface area contributed by atoms with Gasteiger partial charge in [0.05, 0.1) is 6.10 Å². The molecular weight excluding hydrogens is 278 g/mol. The number of aryl methyl sites for hydroxylation is 1. The molecule has 1 atom stereocenters. The van der Waals surface area contributed by atoms with Gasteiger partial charge in [0.15, 0.2) is 0 Å². The second-order valence-electron chi connectivity index (χ2n) is 5.70. The lowest BCUT2D eigenvalue weighted by molar-refractivity contribution is 0.0937. The van der Waals surface area contributed by atoms with Gasteiger partial charge in [0.25, 0.3) is 5.91 Å². The lowest BCUT2D eigenvalue weighted by atomic mass is 10.1. The molecule has 2 N–H and O–H groups in total. The normalized spacial score (nSPS) is 12.4. The second kappa shape index (κ2) is 7.22. The van der Waals surface area contributed by atoms with Crippen LogP contribution in [0.2, 0.25) is 0 Å². The third kappa shape index (κ3) is 3.95. The van der Waals surface area contributed by atoms with Gasteiger partial charge < -0.3 is 10.4 Å². The predicted octanol–water partition coefficient (Wildman–Crippen LogP) is 2.40. The van der Waals surface area contributed by atoms with Crippen molar-refractivity contribution >= 4 is 5.91 Å². The number of rotatable bonds is 6. The highest BCUT2D eigenvalue weighted by Gasteiger charge is 2.15. The van der Waals surface area contributed by atoms with Crippen LogP contribution in [0.4, 0.5) is 0 Å². The molecule has 1 aromatic heterocycles. The quantitative estimate of drug-likeness (QED) is 0.861. The van der Waals surface area contributed by atoms with E-state index in [1.165, 1.54) is 0 Å². The number of amides is 1. The van der Waals surface area contributed by atoms with Crippen LogP contribution < -0.4 is 5.32 Å². The molecular formula is C17H23N3O2. The largest absolute Gasteiger partial charge is 0.388 e. The number of nitrogens with one attached hydrogen (secondary N) is 1. The molecule has 2 rings (SSSR count). The average molecular weight is 301 g/mol. The molecule has 1 heterocycles. The molecule has 0 spiro atoms. The van der Waals surface area contributed by atoms with Gasteiger partial charge in [-0.15, -0.1) is 0 Å². The molecule has 0 radical (unpaired) electrons. The number of carbonyl (C=O) groups excluding carboxylic acids is 1. The first-order valence-corrected chi connectivity index (χ1v) is 7.54. The zero-order chi connectivity index (χ0) is 16.1. The summed E-state index contributed by atoms with van der Waals surface area (Å²) in [5, 5.41) is 17.1. The number of benzene rings is 1. The van der Waals surface area contributed by atoms with E-state index >= 15 is 0 Å². The maximum Gasteiger partial charge on any atom is 0.271 e. The number of aliphatic hydroxyl groups is 1. The number of hydrogen-bond donors (Lipinski definition) is 2. The molecule has 5 heteroatoms. The molecule has 0 aliphatic rings. The van der Waals surface area contributed by atoms with Gasteiger partial charge in [-0.1, -0.05) is 44.2 Å². The van der Waals surface area contributed by atoms with Crippen LogP contribution in [0.5, 0.6) is 0 Å². The minimum Gasteiger partial charge on any atom is -0.388 e. The Balaban J connectivity index is 1.87. The summed E-state index contributed by atoms with van der Waals surface area (Å²) in [6.07, 6.45) is -0.101. The van der Waals surface area contributed by atoms with Crippen molar-refractivity contribution in [2.45, 2.75) is 32.3 Å². The van der Waals surface area contributed by atoms with E-state index in [1.807, 2.05) is 43.4 Å². The zero-order valence-electron chi connectivity index (χ0n) is 13.3. The lowest BCUT2D eigenvalue weighted by Crippen LogP contribution is -2.26. The Labute approximate surface area is 131 Å². The summed E-state index contributed by atoms with van der Waals surface area (Å²) < 4.78 is 1.73. The van der Waals surface area contributed by atoms with Crippen molar-refractivity contribution in [1.82, 2.24) is 15.1 Å². The maximum atomic E-state index is 12.1. The minimum atomic E-state index is -0.573. The summed E-state index contributed by atoms with van der Waals surface area (Å²) in [6.45, 7) is 4.53. The fourth-order valence-electron chi connectivity index (χ4n) is 2.39. The standard InChI is InChI=1S/C17H23N3O2/c1-12(2)15-11-14(19-20(15)3)17(22)18-10-9-16(21)13-7-5-4-6-8-13/h4-8,11-12,16,21H,9-10H2,1-3H3,(H,18,22). The van der Waals surface area contributed by atoms with Crippen molar-refractivity contribution in [3.8, 4) is 0 Å². The first-order chi connectivity index (χ1) is 10.5. The zero-order valence-corrected chi connectivity index (χ0v) is 13.3. The first kappa shape index (κ1) is 16.2. The Morgan fingerprint density at radius 2 is 2.00 bits per heavy atom. The van der Waals surface area contributed by atoms with Gasteiger partial charge in [0.2, 0.25) is 0 Å². The van der Waals surface area contributed by atoms with Crippen LogP contribution >= 0.6 is 0 Å². The van der Waals surface area contributed by atoms with Gasteiger partial charge in [-0.3, -0.25) is 9.48 Å². The van der Waals surface area contributed by atoms with Crippen molar-refractivity contribution in [1.29, 1.82) is 0 Å². The van der Waals surface area contributed by atoms with Gasteiger partial charge >= 0.3 is 0 Å². The predicted molar refractivity (Wildman–Crippen MR) is 85.6 cm³/mol. The van der Waals surface area contributed by atoms with E-state index in [1.54, 1.807) is 4.68 Å². The summed E-state index contributed by atoms with van der Waals surface area (Å²) in [5.41, 5.74) is 2.30. The molecule has 0 saturated heterocycles. The van der Waals surface area contributed by atoms with Crippen LogP contribution in [-0.2, 0) is 7.05 Å². The van der Waals surface area contributed by atoms with E-state index in [2.05, 4.69) is 24.3 Å². The fraction of sp³-hybridized carbons (Fsp3) is 0.412. The lowest BCUT2D eigenvalue weighted by Gasteiger charge is -2.11. The van der Waals surface area contributed by atoms with Gasteiger partial charge in [-0.2, -0.15) is 5.10 Å². The van der Waals surface area contributed by atoms with E-state index < -0.39 is 6.10 Å². The summed E-state index contributed by atoms with van der Waals surface area (Å²) in [5.74, 6) is 0.113. The number of nitrogens with zero attached hydrogens (tertiary/aromatic N) is 2. The van der Waals surface area contributed by atoms with Crippen molar-refractivity contribution in [2.75, 3.05) is 6.54 Å². The average Bonchev–Trinajstić information content (AvgIpc) is 2.90. The van der Waals surface area contributed by atoms with E-state index in [0.29, 0.717) is 24.6 Å². The third-order valence-electron chi connectivity index (χ3n) is 3.63. The first-order valence-electron chi connectivity index (χ1n) is 7.54. The summed E-state index contributed by atoms with van der Waals surface area (Å²) in [6, 6.07) is 11.2. The van der Waals surface area contributed by atoms with Gasteiger partial charge in [-0.25, -0.2) is 0 Å². The Morgan fingerprint density at radius 3 is 2.59 bits per heavy atom. The highest BCUT2D eigenvalue weighted by atomic mass is 16.3. The molecule has 0 aliphatic heterocycles. The molecule has 1 amide bonds. The Kier molecular flexibility index (Phi) is 5.33. The Bertz CT molecular complexity index is 620. The van der Waals surface area contributed by atoms with E-state index in [0.717, 1.165) is 11.3 Å². The van der Waals surface area contributed by atoms with E-state index in [9.17, 15) is 9.90 Å². The van der Waals surface area contributed by atoms with Crippen LogP contribution in [0.1, 0.15) is 54.0 Å². The number of carbonyl (C=O) groups is 1. The van der Waals surface area contributed by atoms with Crippen LogP contribution in [-0.4, -0.2) is 27.3 Å². The van der Waals surface area contributed by atoms with Crippen LogP contribution in [0, 0.1) is 0 Å². The summed E-state index contributed by atoms with van der Waals surface area (Å²) in [7, 11) is 1.84. The topological polar surface area (TPSA) is 67.2 Å². The van der Waals surface area contributed by atoms with Crippen LogP contribution in [0.15, 0.2) is 36.4 Å². The highest BCUT2D eigenvalue weighted by Crippen LogP contribution is 2.16. The molecule has 0 bridgehead atoms. The molecule has 22 heavy (non-hydrogen) atoms. The van der Waals surface area contributed by atoms with Gasteiger partial charge in [0.1, 0.15) is 5.69 Å². The molecule has 0 fully saturated rings. The Morgan fingerprint density at radius 1 is 1.32 bits per heavy atom. The number of aliphatic hydroxyl groups excluding tert-OH is 1. The second-order valence-corrected chi connectivity index (χ2v) is 5.70. The van der Waals surface area contributed by atoms with Gasteiger partial charge in [0, 0.05) is 19.3 Å². The molecule has 1 unspecified atom stereocenters. The summed E-state index contributed by atoms with van der Waals surface area (Å²) in [4.78, 5) is 12.1. The van der Waals surface area contributed by atoms with Crippen molar-refractivity contribution in [3.05, 3.63) is 53.3 Å².